The summed E-state index contributed by atoms with van der Waals surface area (Å²) >= 11 is 0. The highest BCUT2D eigenvalue weighted by Gasteiger charge is 2.35. The minimum atomic E-state index is -4.64. The number of benzene rings is 1. The van der Waals surface area contributed by atoms with Gasteiger partial charge in [-0.3, -0.25) is 4.79 Å². The van der Waals surface area contributed by atoms with Crippen molar-refractivity contribution in [3.63, 3.8) is 0 Å². The molecule has 0 amide bonds. The molecule has 2 heterocycles. The zero-order valence-corrected chi connectivity index (χ0v) is 16.1. The maximum absolute atomic E-state index is 13.2. The van der Waals surface area contributed by atoms with E-state index in [1.165, 1.54) is 12.1 Å². The Hall–Kier alpha value is -3.24. The highest BCUT2D eigenvalue weighted by molar-refractivity contribution is 5.73. The first-order valence-electron chi connectivity index (χ1n) is 9.29. The molecular formula is C19H19F3N4O4. The van der Waals surface area contributed by atoms with Gasteiger partial charge in [-0.15, -0.1) is 4.91 Å². The number of nitrogens with zero attached hydrogens (tertiary/aromatic N) is 4. The monoisotopic (exact) mass is 424 g/mol. The number of nitroso groups, excluding NO2 is 1. The summed E-state index contributed by atoms with van der Waals surface area (Å²) in [7, 11) is 0. The highest BCUT2D eigenvalue weighted by Crippen LogP contribution is 2.42. The number of ether oxygens (including phenoxy) is 2. The van der Waals surface area contributed by atoms with E-state index in [4.69, 9.17) is 9.47 Å². The van der Waals surface area contributed by atoms with Crippen LogP contribution < -0.4 is 9.64 Å². The Balaban J connectivity index is 1.83. The first-order valence-corrected chi connectivity index (χ1v) is 9.29. The van der Waals surface area contributed by atoms with E-state index in [0.717, 1.165) is 18.5 Å². The van der Waals surface area contributed by atoms with Crippen molar-refractivity contribution in [3.8, 4) is 11.6 Å². The molecule has 1 fully saturated rings. The van der Waals surface area contributed by atoms with Crippen LogP contribution in [0.15, 0.2) is 35.8 Å². The summed E-state index contributed by atoms with van der Waals surface area (Å²) in [6, 6.07) is 4.60. The number of esters is 1. The first kappa shape index (κ1) is 21.5. The van der Waals surface area contributed by atoms with E-state index >= 15 is 0 Å². The molecule has 1 aromatic heterocycles. The Morgan fingerprint density at radius 1 is 1.23 bits per heavy atom. The predicted octanol–water partition coefficient (Wildman–Crippen LogP) is 4.47. The van der Waals surface area contributed by atoms with Crippen LogP contribution in [-0.4, -0.2) is 35.6 Å². The number of piperidine rings is 1. The molecule has 0 bridgehead atoms. The lowest BCUT2D eigenvalue weighted by Gasteiger charge is -2.32. The van der Waals surface area contributed by atoms with Crippen molar-refractivity contribution in [3.05, 3.63) is 41.1 Å². The summed E-state index contributed by atoms with van der Waals surface area (Å²) in [5.74, 6) is -1.27. The molecule has 11 heteroatoms. The molecule has 1 aliphatic heterocycles. The Labute approximate surface area is 170 Å². The highest BCUT2D eigenvalue weighted by atomic mass is 19.4. The molecule has 0 spiro atoms. The van der Waals surface area contributed by atoms with E-state index < -0.39 is 17.5 Å². The van der Waals surface area contributed by atoms with Gasteiger partial charge in [-0.05, 0) is 37.1 Å². The largest absolute Gasteiger partial charge is 0.466 e. The van der Waals surface area contributed by atoms with Crippen LogP contribution in [0.5, 0.6) is 11.6 Å². The van der Waals surface area contributed by atoms with Gasteiger partial charge in [-0.25, -0.2) is 4.98 Å². The van der Waals surface area contributed by atoms with E-state index in [9.17, 15) is 22.9 Å². The lowest BCUT2D eigenvalue weighted by atomic mass is 9.97. The normalized spacial score (nSPS) is 15.0. The number of hydrogen-bond acceptors (Lipinski definition) is 8. The van der Waals surface area contributed by atoms with Gasteiger partial charge in [0.2, 0.25) is 5.69 Å². The summed E-state index contributed by atoms with van der Waals surface area (Å²) in [5.41, 5.74) is -1.30. The lowest BCUT2D eigenvalue weighted by Crippen LogP contribution is -2.37. The average Bonchev–Trinajstić information content (AvgIpc) is 2.73. The molecule has 30 heavy (non-hydrogen) atoms. The van der Waals surface area contributed by atoms with E-state index in [-0.39, 0.29) is 29.3 Å². The van der Waals surface area contributed by atoms with Crippen molar-refractivity contribution >= 4 is 17.5 Å². The van der Waals surface area contributed by atoms with Gasteiger partial charge in [0, 0.05) is 13.1 Å². The predicted molar refractivity (Wildman–Crippen MR) is 101 cm³/mol. The minimum absolute atomic E-state index is 0.141. The van der Waals surface area contributed by atoms with Gasteiger partial charge < -0.3 is 14.4 Å². The topological polar surface area (TPSA) is 94.0 Å². The van der Waals surface area contributed by atoms with Gasteiger partial charge in [0.1, 0.15) is 12.1 Å². The van der Waals surface area contributed by atoms with E-state index in [1.54, 1.807) is 11.8 Å². The number of carbonyl (C=O) groups is 1. The van der Waals surface area contributed by atoms with Gasteiger partial charge in [-0.1, -0.05) is 12.1 Å². The second kappa shape index (κ2) is 9.06. The third-order valence-electron chi connectivity index (χ3n) is 4.67. The van der Waals surface area contributed by atoms with E-state index in [0.29, 0.717) is 32.5 Å². The number of anilines is 1. The van der Waals surface area contributed by atoms with Gasteiger partial charge in [0.15, 0.2) is 5.82 Å². The summed E-state index contributed by atoms with van der Waals surface area (Å²) < 4.78 is 50.0. The third-order valence-corrected chi connectivity index (χ3v) is 4.67. The van der Waals surface area contributed by atoms with Gasteiger partial charge in [0.05, 0.1) is 18.1 Å². The number of alkyl halides is 3. The smallest absolute Gasteiger partial charge is 0.419 e. The van der Waals surface area contributed by atoms with Crippen LogP contribution >= 0.6 is 0 Å². The number of carbonyl (C=O) groups excluding carboxylic acids is 1. The summed E-state index contributed by atoms with van der Waals surface area (Å²) in [4.78, 5) is 32.9. The molecule has 0 saturated carbocycles. The maximum atomic E-state index is 13.2. The Morgan fingerprint density at radius 3 is 2.57 bits per heavy atom. The van der Waals surface area contributed by atoms with Crippen LogP contribution in [0.2, 0.25) is 0 Å². The van der Waals surface area contributed by atoms with Crippen molar-refractivity contribution in [2.75, 3.05) is 24.6 Å². The Bertz CT molecular complexity index is 915. The fourth-order valence-corrected chi connectivity index (χ4v) is 3.22. The summed E-state index contributed by atoms with van der Waals surface area (Å²) in [6.07, 6.45) is -2.59. The van der Waals surface area contributed by atoms with Crippen LogP contribution in [-0.2, 0) is 15.7 Å². The van der Waals surface area contributed by atoms with Gasteiger partial charge in [-0.2, -0.15) is 18.2 Å². The molecule has 160 valence electrons. The number of aromatic nitrogens is 2. The summed E-state index contributed by atoms with van der Waals surface area (Å²) in [6.45, 7) is 2.81. The van der Waals surface area contributed by atoms with E-state index in [1.807, 2.05) is 0 Å². The van der Waals surface area contributed by atoms with Crippen LogP contribution in [0.3, 0.4) is 0 Å². The lowest BCUT2D eigenvalue weighted by molar-refractivity contribution is -0.148. The summed E-state index contributed by atoms with van der Waals surface area (Å²) in [5, 5.41) is 2.90. The van der Waals surface area contributed by atoms with Crippen LogP contribution in [0.1, 0.15) is 25.3 Å². The Morgan fingerprint density at radius 2 is 1.93 bits per heavy atom. The molecule has 0 aliphatic carbocycles. The zero-order valence-electron chi connectivity index (χ0n) is 16.1. The Kier molecular flexibility index (Phi) is 6.48. The van der Waals surface area contributed by atoms with Crippen LogP contribution in [0, 0.1) is 10.8 Å². The van der Waals surface area contributed by atoms with Gasteiger partial charge >= 0.3 is 12.1 Å². The standard InChI is InChI=1S/C19H19F3N4O4/c1-2-29-18(27)12-7-9-26(10-8-12)16-15(25-28)17(24-11-23-16)30-14-6-4-3-5-13(14)19(20,21)22/h3-6,11-12H,2,7-10H2,1H3. The van der Waals surface area contributed by atoms with Crippen molar-refractivity contribution in [1.29, 1.82) is 0 Å². The molecular weight excluding hydrogens is 405 g/mol. The fraction of sp³-hybridized carbons (Fsp3) is 0.421. The molecule has 8 nitrogen and oxygen atoms in total. The molecule has 0 N–H and O–H groups in total. The third kappa shape index (κ3) is 4.66. The zero-order chi connectivity index (χ0) is 21.7. The van der Waals surface area contributed by atoms with Crippen molar-refractivity contribution in [2.45, 2.75) is 25.9 Å². The van der Waals surface area contributed by atoms with Crippen molar-refractivity contribution in [2.24, 2.45) is 11.1 Å². The number of halogens is 3. The number of para-hydroxylation sites is 1. The van der Waals surface area contributed by atoms with Crippen molar-refractivity contribution in [1.82, 2.24) is 9.97 Å². The fourth-order valence-electron chi connectivity index (χ4n) is 3.22. The molecule has 0 atom stereocenters. The minimum Gasteiger partial charge on any atom is -0.466 e. The first-order chi connectivity index (χ1) is 14.3. The molecule has 3 rings (SSSR count). The maximum Gasteiger partial charge on any atom is 0.419 e. The molecule has 0 radical (unpaired) electrons. The van der Waals surface area contributed by atoms with Crippen molar-refractivity contribution < 1.29 is 27.4 Å². The second-order valence-corrected chi connectivity index (χ2v) is 6.55. The molecule has 1 saturated heterocycles. The van der Waals surface area contributed by atoms with Gasteiger partial charge in [0.25, 0.3) is 5.88 Å². The molecule has 0 unspecified atom stereocenters. The molecule has 1 aliphatic rings. The van der Waals surface area contributed by atoms with Crippen LogP contribution in [0.4, 0.5) is 24.7 Å². The molecule has 2 aromatic rings. The number of hydrogen-bond donors (Lipinski definition) is 0. The number of rotatable bonds is 6. The van der Waals surface area contributed by atoms with E-state index in [2.05, 4.69) is 15.1 Å². The SMILES string of the molecule is CCOC(=O)C1CCN(c2ncnc(Oc3ccccc3C(F)(F)F)c2N=O)CC1. The quantitative estimate of drug-likeness (QED) is 0.499. The molecule has 1 aromatic carbocycles. The average molecular weight is 424 g/mol. The van der Waals surface area contributed by atoms with Crippen LogP contribution in [0.25, 0.3) is 0 Å². The second-order valence-electron chi connectivity index (χ2n) is 6.55.